The van der Waals surface area contributed by atoms with Crippen LogP contribution in [0.1, 0.15) is 83.1 Å². The SMILES string of the molecule is CC(C)(C)OC(=O)C(CCn1nnc2ccc(C(F)(F)F)cc2c1=O)(CC(=O)c1ccc(SCC2CCOCC2)cc1)C(=O)OC(C)(C)C. The number of aryl methyl sites for hydroxylation is 1. The first kappa shape index (κ1) is 38.0. The van der Waals surface area contributed by atoms with Crippen molar-refractivity contribution < 1.29 is 41.8 Å². The molecule has 14 heteroatoms. The molecule has 1 aliphatic heterocycles. The molecule has 1 aliphatic rings. The molecule has 0 N–H and O–H groups in total. The zero-order chi connectivity index (χ0) is 36.2. The number of aromatic nitrogens is 3. The van der Waals surface area contributed by atoms with E-state index < -0.39 is 71.0 Å². The summed E-state index contributed by atoms with van der Waals surface area (Å²) in [6.45, 7) is 10.6. The number of benzene rings is 2. The molecule has 0 spiro atoms. The van der Waals surface area contributed by atoms with Gasteiger partial charge in [0.25, 0.3) is 5.56 Å². The second kappa shape index (κ2) is 15.0. The van der Waals surface area contributed by atoms with Crippen LogP contribution >= 0.6 is 11.8 Å². The lowest BCUT2D eigenvalue weighted by molar-refractivity contribution is -0.186. The Labute approximate surface area is 287 Å². The number of nitrogens with zero attached hydrogens (tertiary/aromatic N) is 3. The van der Waals surface area contributed by atoms with Crippen molar-refractivity contribution in [3.63, 3.8) is 0 Å². The van der Waals surface area contributed by atoms with Crippen LogP contribution in [-0.4, -0.2) is 62.9 Å². The van der Waals surface area contributed by atoms with E-state index in [-0.39, 0.29) is 16.5 Å². The number of halogens is 3. The van der Waals surface area contributed by atoms with E-state index in [2.05, 4.69) is 10.3 Å². The van der Waals surface area contributed by atoms with E-state index in [0.29, 0.717) is 12.0 Å². The van der Waals surface area contributed by atoms with Crippen LogP contribution in [0.3, 0.4) is 0 Å². The fourth-order valence-electron chi connectivity index (χ4n) is 5.21. The topological polar surface area (TPSA) is 127 Å². The van der Waals surface area contributed by atoms with Gasteiger partial charge in [0.15, 0.2) is 11.2 Å². The fourth-order valence-corrected chi connectivity index (χ4v) is 6.30. The van der Waals surface area contributed by atoms with Gasteiger partial charge in [0, 0.05) is 42.4 Å². The Morgan fingerprint density at radius 1 is 0.918 bits per heavy atom. The Kier molecular flexibility index (Phi) is 11.6. The summed E-state index contributed by atoms with van der Waals surface area (Å²) in [6, 6.07) is 9.36. The number of rotatable bonds is 11. The lowest BCUT2D eigenvalue weighted by atomic mass is 9.78. The Bertz CT molecular complexity index is 1690. The van der Waals surface area contributed by atoms with Crippen molar-refractivity contribution >= 4 is 40.4 Å². The summed E-state index contributed by atoms with van der Waals surface area (Å²) < 4.78 is 57.8. The van der Waals surface area contributed by atoms with Crippen molar-refractivity contribution in [2.75, 3.05) is 19.0 Å². The van der Waals surface area contributed by atoms with E-state index >= 15 is 0 Å². The number of fused-ring (bicyclic) bond motifs is 1. The maximum absolute atomic E-state index is 14.0. The summed E-state index contributed by atoms with van der Waals surface area (Å²) in [4.78, 5) is 56.2. The third-order valence-corrected chi connectivity index (χ3v) is 9.09. The average Bonchev–Trinajstić information content (AvgIpc) is 3.01. The van der Waals surface area contributed by atoms with Crippen molar-refractivity contribution in [1.82, 2.24) is 15.0 Å². The Morgan fingerprint density at radius 3 is 2.06 bits per heavy atom. The molecule has 266 valence electrons. The van der Waals surface area contributed by atoms with Crippen molar-refractivity contribution in [1.29, 1.82) is 0 Å². The molecule has 4 rings (SSSR count). The molecule has 10 nitrogen and oxygen atoms in total. The molecule has 1 fully saturated rings. The zero-order valence-corrected chi connectivity index (χ0v) is 29.3. The first-order valence-electron chi connectivity index (χ1n) is 16.0. The number of carbonyl (C=O) groups is 3. The molecule has 1 saturated heterocycles. The van der Waals surface area contributed by atoms with Crippen LogP contribution in [0.4, 0.5) is 13.2 Å². The number of alkyl halides is 3. The molecular weight excluding hydrogens is 663 g/mol. The maximum Gasteiger partial charge on any atom is 0.416 e. The highest BCUT2D eigenvalue weighted by molar-refractivity contribution is 7.99. The number of esters is 2. The van der Waals surface area contributed by atoms with Gasteiger partial charge in [-0.25, -0.2) is 4.68 Å². The second-order valence-corrected chi connectivity index (χ2v) is 15.3. The number of Topliss-reactive ketones (excluding diaryl/α,β-unsaturated/α-hetero) is 1. The molecule has 49 heavy (non-hydrogen) atoms. The lowest BCUT2D eigenvalue weighted by Crippen LogP contribution is -2.49. The maximum atomic E-state index is 14.0. The number of hydrogen-bond donors (Lipinski definition) is 0. The molecule has 0 atom stereocenters. The molecule has 0 amide bonds. The minimum Gasteiger partial charge on any atom is -0.459 e. The van der Waals surface area contributed by atoms with Gasteiger partial charge in [-0.05, 0) is 97.1 Å². The Hall–Kier alpha value is -3.78. The smallest absolute Gasteiger partial charge is 0.416 e. The van der Waals surface area contributed by atoms with Crippen molar-refractivity contribution in [2.45, 2.75) is 96.0 Å². The molecule has 2 aromatic carbocycles. The minimum absolute atomic E-state index is 0.0654. The molecule has 0 unspecified atom stereocenters. The van der Waals surface area contributed by atoms with E-state index in [0.717, 1.165) is 53.5 Å². The third kappa shape index (κ3) is 10.1. The predicted octanol–water partition coefficient (Wildman–Crippen LogP) is 6.66. The largest absolute Gasteiger partial charge is 0.459 e. The average molecular weight is 706 g/mol. The molecule has 3 aromatic rings. The minimum atomic E-state index is -4.71. The normalized spacial score (nSPS) is 14.9. The monoisotopic (exact) mass is 705 g/mol. The van der Waals surface area contributed by atoms with Crippen LogP contribution in [0.15, 0.2) is 52.2 Å². The number of thioether (sulfide) groups is 1. The zero-order valence-electron chi connectivity index (χ0n) is 28.5. The predicted molar refractivity (Wildman–Crippen MR) is 177 cm³/mol. The quantitative estimate of drug-likeness (QED) is 0.0925. The van der Waals surface area contributed by atoms with E-state index in [1.807, 2.05) is 0 Å². The van der Waals surface area contributed by atoms with E-state index in [4.69, 9.17) is 14.2 Å². The van der Waals surface area contributed by atoms with Gasteiger partial charge in [0.05, 0.1) is 10.9 Å². The van der Waals surface area contributed by atoms with Gasteiger partial charge < -0.3 is 14.2 Å². The summed E-state index contributed by atoms with van der Waals surface area (Å²) in [5.74, 6) is -1.20. The summed E-state index contributed by atoms with van der Waals surface area (Å²) in [5, 5.41) is 7.36. The molecular formula is C35H42F3N3O7S. The van der Waals surface area contributed by atoms with E-state index in [1.54, 1.807) is 77.6 Å². The van der Waals surface area contributed by atoms with E-state index in [9.17, 15) is 32.3 Å². The van der Waals surface area contributed by atoms with Gasteiger partial charge in [-0.15, -0.1) is 16.9 Å². The van der Waals surface area contributed by atoms with Gasteiger partial charge in [-0.1, -0.05) is 17.3 Å². The first-order valence-corrected chi connectivity index (χ1v) is 17.0. The summed E-state index contributed by atoms with van der Waals surface area (Å²) in [5.41, 5.74) is -6.20. The Morgan fingerprint density at radius 2 is 1.51 bits per heavy atom. The summed E-state index contributed by atoms with van der Waals surface area (Å²) in [7, 11) is 0. The van der Waals surface area contributed by atoms with Gasteiger partial charge in [0.1, 0.15) is 16.7 Å². The summed E-state index contributed by atoms with van der Waals surface area (Å²) >= 11 is 1.67. The van der Waals surface area contributed by atoms with Crippen LogP contribution in [0, 0.1) is 11.3 Å². The van der Waals surface area contributed by atoms with Crippen molar-refractivity contribution in [2.24, 2.45) is 11.3 Å². The van der Waals surface area contributed by atoms with E-state index in [1.165, 1.54) is 0 Å². The molecule has 0 aliphatic carbocycles. The van der Waals surface area contributed by atoms with Crippen molar-refractivity contribution in [3.05, 3.63) is 63.9 Å². The molecule has 0 radical (unpaired) electrons. The number of ether oxygens (including phenoxy) is 3. The van der Waals surface area contributed by atoms with Crippen LogP contribution in [0.5, 0.6) is 0 Å². The standard InChI is InChI=1S/C35H42F3N3O7S/c1-32(2,3)47-30(44)34(31(45)48-33(4,5)6,15-16-41-29(43)26-19-24(35(36,37)38)9-12-27(26)39-40-41)20-28(42)23-7-10-25(11-8-23)49-21-22-13-17-46-18-14-22/h7-12,19,22H,13-18,20-21H2,1-6H3. The molecule has 1 aromatic heterocycles. The lowest BCUT2D eigenvalue weighted by Gasteiger charge is -2.34. The van der Waals surface area contributed by atoms with Gasteiger partial charge in [-0.3, -0.25) is 19.2 Å². The van der Waals surface area contributed by atoms with Crippen LogP contribution < -0.4 is 5.56 Å². The van der Waals surface area contributed by atoms with Crippen LogP contribution in [0.25, 0.3) is 10.9 Å². The molecule has 2 heterocycles. The summed E-state index contributed by atoms with van der Waals surface area (Å²) in [6.07, 6.45) is -3.89. The fraction of sp³-hybridized carbons (Fsp3) is 0.543. The number of carbonyl (C=O) groups excluding carboxylic acids is 3. The Balaban J connectivity index is 1.68. The van der Waals surface area contributed by atoms with Gasteiger partial charge in [0.2, 0.25) is 0 Å². The van der Waals surface area contributed by atoms with Crippen LogP contribution in [0.2, 0.25) is 0 Å². The van der Waals surface area contributed by atoms with Crippen molar-refractivity contribution in [3.8, 4) is 0 Å². The highest BCUT2D eigenvalue weighted by Gasteiger charge is 2.52. The number of ketones is 1. The second-order valence-electron chi connectivity index (χ2n) is 14.2. The van der Waals surface area contributed by atoms with Gasteiger partial charge in [-0.2, -0.15) is 13.2 Å². The first-order chi connectivity index (χ1) is 22.8. The highest BCUT2D eigenvalue weighted by Crippen LogP contribution is 2.37. The molecule has 0 saturated carbocycles. The number of hydrogen-bond acceptors (Lipinski definition) is 10. The molecule has 0 bridgehead atoms. The van der Waals surface area contributed by atoms with Gasteiger partial charge >= 0.3 is 18.1 Å². The van der Waals surface area contributed by atoms with Crippen LogP contribution in [-0.2, 0) is 36.5 Å². The third-order valence-electron chi connectivity index (χ3n) is 7.84. The highest BCUT2D eigenvalue weighted by atomic mass is 32.2.